The summed E-state index contributed by atoms with van der Waals surface area (Å²) >= 11 is 0. The molecule has 1 aromatic carbocycles. The second kappa shape index (κ2) is 11.6. The van der Waals surface area contributed by atoms with E-state index < -0.39 is 41.4 Å². The lowest BCUT2D eigenvalue weighted by atomic mass is 9.82. The molecule has 0 spiro atoms. The van der Waals surface area contributed by atoms with Crippen molar-refractivity contribution in [3.63, 3.8) is 0 Å². The van der Waals surface area contributed by atoms with E-state index in [2.05, 4.69) is 5.32 Å². The minimum atomic E-state index is -0.986. The first-order valence-electron chi connectivity index (χ1n) is 12.7. The summed E-state index contributed by atoms with van der Waals surface area (Å²) in [5.41, 5.74) is -0.995. The molecule has 11 heteroatoms. The fourth-order valence-corrected chi connectivity index (χ4v) is 5.25. The highest BCUT2D eigenvalue weighted by atomic mass is 19.1. The number of amidine groups is 1. The number of benzene rings is 1. The Kier molecular flexibility index (Phi) is 8.91. The zero-order chi connectivity index (χ0) is 27.5. The smallest absolute Gasteiger partial charge is 0.303 e. The van der Waals surface area contributed by atoms with Gasteiger partial charge >= 0.3 is 5.97 Å². The van der Waals surface area contributed by atoms with Crippen molar-refractivity contribution in [3.8, 4) is 0 Å². The molecule has 0 aromatic heterocycles. The fourth-order valence-electron chi connectivity index (χ4n) is 5.25. The van der Waals surface area contributed by atoms with Crippen LogP contribution in [-0.2, 0) is 9.59 Å². The molecule has 1 unspecified atom stereocenters. The number of hydrogen-bond acceptors (Lipinski definition) is 6. The van der Waals surface area contributed by atoms with Crippen LogP contribution in [-0.4, -0.2) is 92.7 Å². The van der Waals surface area contributed by atoms with E-state index in [9.17, 15) is 29.0 Å². The minimum Gasteiger partial charge on any atom is -0.481 e. The molecule has 0 bridgehead atoms. The lowest BCUT2D eigenvalue weighted by Crippen LogP contribution is -2.55. The van der Waals surface area contributed by atoms with Gasteiger partial charge in [-0.1, -0.05) is 13.0 Å². The number of hydrogen-bond donors (Lipinski definition) is 5. The van der Waals surface area contributed by atoms with Crippen LogP contribution >= 0.6 is 0 Å². The Morgan fingerprint density at radius 3 is 2.24 bits per heavy atom. The van der Waals surface area contributed by atoms with Gasteiger partial charge in [0.15, 0.2) is 0 Å². The van der Waals surface area contributed by atoms with Gasteiger partial charge in [-0.25, -0.2) is 4.39 Å². The van der Waals surface area contributed by atoms with E-state index in [0.717, 1.165) is 6.07 Å². The molecule has 10 nitrogen and oxygen atoms in total. The molecule has 1 aromatic rings. The van der Waals surface area contributed by atoms with Crippen LogP contribution in [0, 0.1) is 23.1 Å². The van der Waals surface area contributed by atoms with Crippen LogP contribution in [0.1, 0.15) is 62.4 Å². The van der Waals surface area contributed by atoms with Gasteiger partial charge in [0.1, 0.15) is 11.7 Å². The topological polar surface area (TPSA) is 154 Å². The largest absolute Gasteiger partial charge is 0.481 e. The van der Waals surface area contributed by atoms with Crippen molar-refractivity contribution in [1.82, 2.24) is 15.1 Å². The number of halogens is 1. The number of nitrogens with one attached hydrogen (secondary N) is 2. The van der Waals surface area contributed by atoms with Gasteiger partial charge in [-0.05, 0) is 51.2 Å². The molecular formula is C26H37FN4O6. The first kappa shape index (κ1) is 28.5. The van der Waals surface area contributed by atoms with Crippen LogP contribution < -0.4 is 5.32 Å². The normalized spacial score (nSPS) is 21.6. The van der Waals surface area contributed by atoms with Crippen molar-refractivity contribution in [2.75, 3.05) is 26.2 Å². The van der Waals surface area contributed by atoms with E-state index in [1.54, 1.807) is 18.7 Å². The second-order valence-corrected chi connectivity index (χ2v) is 10.6. The molecule has 0 saturated carbocycles. The maximum Gasteiger partial charge on any atom is 0.303 e. The van der Waals surface area contributed by atoms with Crippen LogP contribution in [0.5, 0.6) is 0 Å². The highest BCUT2D eigenvalue weighted by Crippen LogP contribution is 2.28. The molecule has 37 heavy (non-hydrogen) atoms. The van der Waals surface area contributed by atoms with Crippen LogP contribution in [0.15, 0.2) is 18.2 Å². The molecular weight excluding hydrogens is 483 g/mol. The van der Waals surface area contributed by atoms with Crippen LogP contribution in [0.2, 0.25) is 0 Å². The molecule has 0 aliphatic carbocycles. The molecule has 5 N–H and O–H groups in total. The van der Waals surface area contributed by atoms with Gasteiger partial charge in [0, 0.05) is 43.7 Å². The lowest BCUT2D eigenvalue weighted by Gasteiger charge is -2.39. The number of carboxylic acid groups (broad SMARTS) is 1. The number of rotatable bonds is 8. The number of β-amino-alcohol motifs (C(OH)–C–C–N with tert-alkyl or cyclic N) is 2. The third-order valence-corrected chi connectivity index (χ3v) is 7.47. The number of amides is 2. The average molecular weight is 521 g/mol. The molecule has 0 radical (unpaired) electrons. The third-order valence-electron chi connectivity index (χ3n) is 7.47. The molecule has 3 rings (SSSR count). The molecule has 2 fully saturated rings. The Bertz CT molecular complexity index is 1030. The number of aliphatic hydroxyl groups is 2. The van der Waals surface area contributed by atoms with E-state index in [1.807, 2.05) is 6.92 Å². The van der Waals surface area contributed by atoms with E-state index in [1.165, 1.54) is 17.0 Å². The van der Waals surface area contributed by atoms with Gasteiger partial charge in [-0.3, -0.25) is 19.8 Å². The molecule has 3 atom stereocenters. The highest BCUT2D eigenvalue weighted by Gasteiger charge is 2.39. The van der Waals surface area contributed by atoms with Crippen molar-refractivity contribution < 1.29 is 34.1 Å². The van der Waals surface area contributed by atoms with Crippen LogP contribution in [0.3, 0.4) is 0 Å². The SMILES string of the molecule is CCC(C(=O)N1CCC(CC(=O)O)CC1)C(C)(C)NC(=O)c1ccc(C(=N)N2C[C@@H](O)[C@@H](O)C2)cc1F. The van der Waals surface area contributed by atoms with Crippen molar-refractivity contribution >= 4 is 23.6 Å². The Hall–Kier alpha value is -3.05. The minimum absolute atomic E-state index is 0.0439. The van der Waals surface area contributed by atoms with E-state index in [0.29, 0.717) is 32.4 Å². The molecule has 2 heterocycles. The molecule has 2 aliphatic rings. The summed E-state index contributed by atoms with van der Waals surface area (Å²) in [5, 5.41) is 39.5. The summed E-state index contributed by atoms with van der Waals surface area (Å²) in [6.45, 7) is 6.33. The van der Waals surface area contributed by atoms with Gasteiger partial charge < -0.3 is 30.4 Å². The Morgan fingerprint density at radius 1 is 1.14 bits per heavy atom. The summed E-state index contributed by atoms with van der Waals surface area (Å²) in [4.78, 5) is 40.4. The van der Waals surface area contributed by atoms with Gasteiger partial charge in [0.05, 0.1) is 23.7 Å². The van der Waals surface area contributed by atoms with Gasteiger partial charge in [-0.2, -0.15) is 0 Å². The zero-order valence-corrected chi connectivity index (χ0v) is 21.5. The van der Waals surface area contributed by atoms with Crippen molar-refractivity contribution in [2.45, 2.75) is 64.2 Å². The first-order chi connectivity index (χ1) is 17.3. The van der Waals surface area contributed by atoms with Gasteiger partial charge in [-0.15, -0.1) is 0 Å². The summed E-state index contributed by atoms with van der Waals surface area (Å²) < 4.78 is 14.9. The molecule has 204 valence electrons. The standard InChI is InChI=1S/C26H37FN4O6/c1-4-18(25(37)30-9-7-15(8-10-30)11-22(34)35)26(2,3)29-24(36)17-6-5-16(12-19(17)27)23(28)31-13-20(32)21(33)14-31/h5-6,12,15,18,20-21,28,32-33H,4,7-11,13-14H2,1-3H3,(H,29,36)(H,34,35)/t18?,20-,21+. The Labute approximate surface area is 216 Å². The summed E-state index contributed by atoms with van der Waals surface area (Å²) in [7, 11) is 0. The first-order valence-corrected chi connectivity index (χ1v) is 12.7. The van der Waals surface area contributed by atoms with Crippen LogP contribution in [0.25, 0.3) is 0 Å². The monoisotopic (exact) mass is 520 g/mol. The number of piperidine rings is 1. The highest BCUT2D eigenvalue weighted by molar-refractivity contribution is 5.99. The number of aliphatic hydroxyl groups excluding tert-OH is 2. The molecule has 2 saturated heterocycles. The summed E-state index contributed by atoms with van der Waals surface area (Å²) in [5.74, 6) is -3.05. The predicted molar refractivity (Wildman–Crippen MR) is 134 cm³/mol. The maximum absolute atomic E-state index is 14.9. The summed E-state index contributed by atoms with van der Waals surface area (Å²) in [6, 6.07) is 3.79. The Balaban J connectivity index is 1.65. The van der Waals surface area contributed by atoms with Crippen molar-refractivity contribution in [1.29, 1.82) is 5.41 Å². The number of aliphatic carboxylic acids is 1. The van der Waals surface area contributed by atoms with E-state index in [-0.39, 0.29) is 48.3 Å². The number of nitrogens with zero attached hydrogens (tertiary/aromatic N) is 2. The molecule has 2 aliphatic heterocycles. The number of carbonyl (C=O) groups excluding carboxylic acids is 2. The number of likely N-dealkylation sites (tertiary alicyclic amines) is 2. The summed E-state index contributed by atoms with van der Waals surface area (Å²) in [6.07, 6.45) is -0.197. The van der Waals surface area contributed by atoms with Gasteiger partial charge in [0.2, 0.25) is 5.91 Å². The average Bonchev–Trinajstić information content (AvgIpc) is 3.16. The lowest BCUT2D eigenvalue weighted by molar-refractivity contribution is -0.140. The van der Waals surface area contributed by atoms with Crippen molar-refractivity contribution in [2.24, 2.45) is 11.8 Å². The third kappa shape index (κ3) is 6.64. The fraction of sp³-hybridized carbons (Fsp3) is 0.615. The predicted octanol–water partition coefficient (Wildman–Crippen LogP) is 1.44. The molecule has 2 amide bonds. The quantitative estimate of drug-likeness (QED) is 0.257. The number of carbonyl (C=O) groups is 3. The van der Waals surface area contributed by atoms with Crippen LogP contribution in [0.4, 0.5) is 4.39 Å². The van der Waals surface area contributed by atoms with E-state index in [4.69, 9.17) is 10.5 Å². The Morgan fingerprint density at radius 2 is 1.73 bits per heavy atom. The zero-order valence-electron chi connectivity index (χ0n) is 21.5. The van der Waals surface area contributed by atoms with E-state index >= 15 is 0 Å². The maximum atomic E-state index is 14.9. The van der Waals surface area contributed by atoms with Gasteiger partial charge in [0.25, 0.3) is 5.91 Å². The van der Waals surface area contributed by atoms with Crippen molar-refractivity contribution in [3.05, 3.63) is 35.1 Å². The number of carboxylic acids is 1. The second-order valence-electron chi connectivity index (χ2n) is 10.6.